The molecule has 0 aliphatic carbocycles. The zero-order valence-electron chi connectivity index (χ0n) is 12.6. The van der Waals surface area contributed by atoms with E-state index in [0.29, 0.717) is 12.0 Å². The van der Waals surface area contributed by atoms with Gasteiger partial charge in [-0.15, -0.1) is 0 Å². The van der Waals surface area contributed by atoms with Gasteiger partial charge in [0, 0.05) is 18.2 Å². The van der Waals surface area contributed by atoms with E-state index in [1.165, 1.54) is 11.1 Å². The largest absolute Gasteiger partial charge is 0.492 e. The van der Waals surface area contributed by atoms with Crippen LogP contribution in [-0.4, -0.2) is 39.3 Å². The van der Waals surface area contributed by atoms with Crippen molar-refractivity contribution >= 4 is 15.9 Å². The van der Waals surface area contributed by atoms with Gasteiger partial charge < -0.3 is 15.2 Å². The van der Waals surface area contributed by atoms with Crippen LogP contribution >= 0.6 is 15.9 Å². The number of methoxy groups -OCH3 is 2. The Morgan fingerprint density at radius 3 is 2.50 bits per heavy atom. The van der Waals surface area contributed by atoms with Crippen molar-refractivity contribution in [1.29, 1.82) is 0 Å². The van der Waals surface area contributed by atoms with Crippen LogP contribution in [0.5, 0.6) is 11.5 Å². The topological polar surface area (TPSA) is 47.7 Å². The van der Waals surface area contributed by atoms with E-state index in [1.54, 1.807) is 14.2 Å². The molecule has 20 heavy (non-hydrogen) atoms. The van der Waals surface area contributed by atoms with E-state index >= 15 is 0 Å². The minimum absolute atomic E-state index is 0.334. The maximum atomic E-state index is 5.84. The SMILES string of the molecule is COc1c(Br)cc(C)c(C2CC(CN)CN2C)c1OC. The molecule has 5 heteroatoms. The summed E-state index contributed by atoms with van der Waals surface area (Å²) in [5.41, 5.74) is 8.26. The number of nitrogens with zero attached hydrogens (tertiary/aromatic N) is 1. The molecule has 0 bridgehead atoms. The van der Waals surface area contributed by atoms with Crippen molar-refractivity contribution in [3.63, 3.8) is 0 Å². The van der Waals surface area contributed by atoms with Crippen LogP contribution in [0.3, 0.4) is 0 Å². The first-order chi connectivity index (χ1) is 9.53. The van der Waals surface area contributed by atoms with Gasteiger partial charge in [0.15, 0.2) is 11.5 Å². The Morgan fingerprint density at radius 1 is 1.35 bits per heavy atom. The van der Waals surface area contributed by atoms with E-state index in [1.807, 2.05) is 0 Å². The van der Waals surface area contributed by atoms with Crippen LogP contribution < -0.4 is 15.2 Å². The Hall–Kier alpha value is -0.780. The first-order valence-electron chi connectivity index (χ1n) is 6.84. The summed E-state index contributed by atoms with van der Waals surface area (Å²) in [5.74, 6) is 2.13. The van der Waals surface area contributed by atoms with Gasteiger partial charge in [0.25, 0.3) is 0 Å². The highest BCUT2D eigenvalue weighted by atomic mass is 79.9. The van der Waals surface area contributed by atoms with Crippen molar-refractivity contribution in [2.75, 3.05) is 34.4 Å². The molecular formula is C15H23BrN2O2. The lowest BCUT2D eigenvalue weighted by atomic mass is 9.95. The first-order valence-corrected chi connectivity index (χ1v) is 7.64. The molecule has 1 saturated heterocycles. The Kier molecular flexibility index (Phi) is 4.94. The van der Waals surface area contributed by atoms with Gasteiger partial charge in [-0.05, 0) is 60.4 Å². The zero-order valence-corrected chi connectivity index (χ0v) is 14.2. The Labute approximate surface area is 129 Å². The highest BCUT2D eigenvalue weighted by Gasteiger charge is 2.34. The molecule has 1 aliphatic rings. The number of aryl methyl sites for hydroxylation is 1. The number of rotatable bonds is 4. The highest BCUT2D eigenvalue weighted by Crippen LogP contribution is 2.47. The number of hydrogen-bond donors (Lipinski definition) is 1. The molecule has 0 spiro atoms. The second-order valence-electron chi connectivity index (χ2n) is 5.45. The molecule has 112 valence electrons. The zero-order chi connectivity index (χ0) is 14.9. The normalized spacial score (nSPS) is 23.1. The quantitative estimate of drug-likeness (QED) is 0.913. The average molecular weight is 343 g/mol. The van der Waals surface area contributed by atoms with Crippen LogP contribution in [0, 0.1) is 12.8 Å². The van der Waals surface area contributed by atoms with Crippen molar-refractivity contribution in [1.82, 2.24) is 4.90 Å². The number of likely N-dealkylation sites (tertiary alicyclic amines) is 1. The number of hydrogen-bond acceptors (Lipinski definition) is 4. The van der Waals surface area contributed by atoms with Crippen LogP contribution in [0.4, 0.5) is 0 Å². The molecule has 0 saturated carbocycles. The average Bonchev–Trinajstić information content (AvgIpc) is 2.79. The molecule has 1 heterocycles. The second kappa shape index (κ2) is 6.33. The molecule has 2 rings (SSSR count). The third-order valence-electron chi connectivity index (χ3n) is 4.15. The Bertz CT molecular complexity index is 493. The summed E-state index contributed by atoms with van der Waals surface area (Å²) in [5, 5.41) is 0. The minimum Gasteiger partial charge on any atom is -0.492 e. The van der Waals surface area contributed by atoms with Crippen molar-refractivity contribution in [3.05, 3.63) is 21.7 Å². The molecule has 0 radical (unpaired) electrons. The maximum absolute atomic E-state index is 5.84. The molecule has 0 amide bonds. The molecular weight excluding hydrogens is 320 g/mol. The number of halogens is 1. The van der Waals surface area contributed by atoms with Crippen molar-refractivity contribution in [2.45, 2.75) is 19.4 Å². The standard InChI is InChI=1S/C15H23BrN2O2/c1-9-5-11(16)14(19-3)15(20-4)13(9)12-6-10(7-17)8-18(12)2/h5,10,12H,6-8,17H2,1-4H3. The number of nitrogens with two attached hydrogens (primary N) is 1. The van der Waals surface area contributed by atoms with E-state index in [-0.39, 0.29) is 0 Å². The fraction of sp³-hybridized carbons (Fsp3) is 0.600. The van der Waals surface area contributed by atoms with Crippen LogP contribution in [0.1, 0.15) is 23.6 Å². The van der Waals surface area contributed by atoms with Gasteiger partial charge in [-0.2, -0.15) is 0 Å². The van der Waals surface area contributed by atoms with Crippen molar-refractivity contribution in [3.8, 4) is 11.5 Å². The lowest BCUT2D eigenvalue weighted by molar-refractivity contribution is 0.294. The maximum Gasteiger partial charge on any atom is 0.175 e. The summed E-state index contributed by atoms with van der Waals surface area (Å²) in [4.78, 5) is 2.36. The van der Waals surface area contributed by atoms with Crippen molar-refractivity contribution in [2.24, 2.45) is 11.7 Å². The second-order valence-corrected chi connectivity index (χ2v) is 6.30. The lowest BCUT2D eigenvalue weighted by Gasteiger charge is -2.25. The van der Waals surface area contributed by atoms with Gasteiger partial charge in [-0.1, -0.05) is 0 Å². The van der Waals surface area contributed by atoms with E-state index in [4.69, 9.17) is 15.2 Å². The molecule has 2 N–H and O–H groups in total. The van der Waals surface area contributed by atoms with Gasteiger partial charge in [-0.25, -0.2) is 0 Å². The molecule has 2 atom stereocenters. The fourth-order valence-corrected chi connectivity index (χ4v) is 3.85. The van der Waals surface area contributed by atoms with Crippen molar-refractivity contribution < 1.29 is 9.47 Å². The van der Waals surface area contributed by atoms with E-state index < -0.39 is 0 Å². The molecule has 1 fully saturated rings. The predicted molar refractivity (Wildman–Crippen MR) is 84.5 cm³/mol. The lowest BCUT2D eigenvalue weighted by Crippen LogP contribution is -2.21. The molecule has 2 unspecified atom stereocenters. The fourth-order valence-electron chi connectivity index (χ4n) is 3.16. The third-order valence-corrected chi connectivity index (χ3v) is 4.73. The van der Waals surface area contributed by atoms with Gasteiger partial charge in [0.05, 0.1) is 18.7 Å². The molecule has 1 aliphatic heterocycles. The third kappa shape index (κ3) is 2.67. The summed E-state index contributed by atoms with van der Waals surface area (Å²) in [6.07, 6.45) is 1.06. The number of benzene rings is 1. The molecule has 4 nitrogen and oxygen atoms in total. The van der Waals surface area contributed by atoms with E-state index in [2.05, 4.69) is 40.9 Å². The van der Waals surface area contributed by atoms with Crippen LogP contribution in [0.15, 0.2) is 10.5 Å². The molecule has 0 aromatic heterocycles. The summed E-state index contributed by atoms with van der Waals surface area (Å²) in [6.45, 7) is 3.88. The summed E-state index contributed by atoms with van der Waals surface area (Å²) < 4.78 is 12.1. The van der Waals surface area contributed by atoms with E-state index in [9.17, 15) is 0 Å². The smallest absolute Gasteiger partial charge is 0.175 e. The highest BCUT2D eigenvalue weighted by molar-refractivity contribution is 9.10. The Balaban J connectivity index is 2.50. The first kappa shape index (κ1) is 15.6. The summed E-state index contributed by atoms with van der Waals surface area (Å²) in [7, 11) is 5.51. The minimum atomic E-state index is 0.334. The van der Waals surface area contributed by atoms with E-state index in [0.717, 1.165) is 35.5 Å². The van der Waals surface area contributed by atoms with Gasteiger partial charge in [0.2, 0.25) is 0 Å². The predicted octanol–water partition coefficient (Wildman–Crippen LogP) is 2.73. The monoisotopic (exact) mass is 342 g/mol. The van der Waals surface area contributed by atoms with Crippen LogP contribution in [0.2, 0.25) is 0 Å². The van der Waals surface area contributed by atoms with Gasteiger partial charge >= 0.3 is 0 Å². The summed E-state index contributed by atoms with van der Waals surface area (Å²) >= 11 is 3.54. The van der Waals surface area contributed by atoms with Gasteiger partial charge in [-0.3, -0.25) is 4.90 Å². The molecule has 1 aromatic rings. The number of ether oxygens (including phenoxy) is 2. The van der Waals surface area contributed by atoms with Crippen LogP contribution in [-0.2, 0) is 0 Å². The Morgan fingerprint density at radius 2 is 2.00 bits per heavy atom. The summed E-state index contributed by atoms with van der Waals surface area (Å²) in [6, 6.07) is 2.43. The molecule has 1 aromatic carbocycles. The van der Waals surface area contributed by atoms with Crippen LogP contribution in [0.25, 0.3) is 0 Å². The van der Waals surface area contributed by atoms with Gasteiger partial charge in [0.1, 0.15) is 0 Å².